The number of non-ortho nitro benzene ring substituents is 1. The molecule has 0 fully saturated rings. The molecule has 1 amide bonds. The first-order valence-corrected chi connectivity index (χ1v) is 10.3. The van der Waals surface area contributed by atoms with Crippen LogP contribution in [0.15, 0.2) is 35.7 Å². The van der Waals surface area contributed by atoms with Crippen molar-refractivity contribution in [3.8, 4) is 5.75 Å². The Hall–Kier alpha value is -3.30. The fourth-order valence-corrected chi connectivity index (χ4v) is 4.33. The summed E-state index contributed by atoms with van der Waals surface area (Å²) in [6.07, 6.45) is 0.495. The number of nitro groups is 1. The van der Waals surface area contributed by atoms with Gasteiger partial charge in [-0.1, -0.05) is 17.7 Å². The molecular weight excluding hydrogens is 442 g/mol. The first-order valence-electron chi connectivity index (χ1n) is 9.09. The molecule has 2 aromatic carbocycles. The van der Waals surface area contributed by atoms with E-state index < -0.39 is 4.92 Å². The molecule has 1 heterocycles. The fraction of sp³-hybridized carbons (Fsp3) is 0.190. The minimum Gasteiger partial charge on any atom is -0.487 e. The van der Waals surface area contributed by atoms with Crippen molar-refractivity contribution < 1.29 is 19.2 Å². The lowest BCUT2D eigenvalue weighted by Crippen LogP contribution is -2.24. The van der Waals surface area contributed by atoms with Gasteiger partial charge in [-0.2, -0.15) is 0 Å². The summed E-state index contributed by atoms with van der Waals surface area (Å²) in [5.41, 5.74) is 2.79. The van der Waals surface area contributed by atoms with Crippen LogP contribution in [-0.4, -0.2) is 22.1 Å². The number of nitro benzene ring substituents is 1. The number of aldehydes is 1. The lowest BCUT2D eigenvalue weighted by Gasteiger charge is -2.22. The molecule has 0 saturated carbocycles. The molecule has 0 N–H and O–H groups in total. The zero-order chi connectivity index (χ0) is 22.7. The average molecular weight is 460 g/mol. The fourth-order valence-electron chi connectivity index (χ4n) is 3.07. The number of hydrogen-bond donors (Lipinski definition) is 0. The summed E-state index contributed by atoms with van der Waals surface area (Å²) < 4.78 is 5.63. The molecule has 0 atom stereocenters. The molecule has 3 rings (SSSR count). The number of aryl methyl sites for hydroxylation is 2. The number of thiazole rings is 1. The number of nitrogens with zero attached hydrogens (tertiary/aromatic N) is 3. The third-order valence-corrected chi connectivity index (χ3v) is 5.54. The van der Waals surface area contributed by atoms with Gasteiger partial charge in [0.25, 0.3) is 5.69 Å². The summed E-state index contributed by atoms with van der Waals surface area (Å²) in [7, 11) is 0. The van der Waals surface area contributed by atoms with Crippen LogP contribution in [0.5, 0.6) is 5.75 Å². The van der Waals surface area contributed by atoms with Crippen molar-refractivity contribution in [3.05, 3.63) is 73.2 Å². The first kappa shape index (κ1) is 22.4. The molecule has 8 nitrogen and oxygen atoms in total. The summed E-state index contributed by atoms with van der Waals surface area (Å²) in [5, 5.41) is 13.5. The van der Waals surface area contributed by atoms with Crippen LogP contribution in [0.2, 0.25) is 5.02 Å². The Morgan fingerprint density at radius 2 is 2.06 bits per heavy atom. The summed E-state index contributed by atoms with van der Waals surface area (Å²) in [6.45, 7) is 5.24. The van der Waals surface area contributed by atoms with E-state index in [0.29, 0.717) is 27.8 Å². The van der Waals surface area contributed by atoms with Gasteiger partial charge in [-0.15, -0.1) is 11.3 Å². The topological polar surface area (TPSA) is 103 Å². The van der Waals surface area contributed by atoms with E-state index in [-0.39, 0.29) is 29.5 Å². The maximum absolute atomic E-state index is 12.4. The highest BCUT2D eigenvalue weighted by atomic mass is 35.5. The molecule has 31 heavy (non-hydrogen) atoms. The molecule has 0 saturated heterocycles. The predicted molar refractivity (Wildman–Crippen MR) is 119 cm³/mol. The monoisotopic (exact) mass is 459 g/mol. The summed E-state index contributed by atoms with van der Waals surface area (Å²) in [6, 6.07) is 7.49. The first-order chi connectivity index (χ1) is 14.7. The summed E-state index contributed by atoms with van der Waals surface area (Å²) in [5.74, 6) is -0.0368. The number of amides is 1. The van der Waals surface area contributed by atoms with Crippen molar-refractivity contribution in [2.45, 2.75) is 27.4 Å². The second kappa shape index (κ2) is 9.23. The highest BCUT2D eigenvalue weighted by molar-refractivity contribution is 7.14. The standard InChI is InChI=1S/C21H18ClN3O5S/c1-12-6-13(2)20(18(22)7-12)24(14(3)27)21-23-16(11-31-21)10-30-19-5-4-17(25(28)29)8-15(19)9-26/h4-9,11H,10H2,1-3H3. The third-order valence-electron chi connectivity index (χ3n) is 4.37. The highest BCUT2D eigenvalue weighted by Gasteiger charge is 2.23. The molecule has 1 aromatic heterocycles. The van der Waals surface area contributed by atoms with Gasteiger partial charge >= 0.3 is 0 Å². The van der Waals surface area contributed by atoms with Gasteiger partial charge in [-0.3, -0.25) is 24.6 Å². The van der Waals surface area contributed by atoms with E-state index in [1.54, 1.807) is 11.4 Å². The van der Waals surface area contributed by atoms with Crippen LogP contribution in [0.25, 0.3) is 0 Å². The molecule has 0 unspecified atom stereocenters. The lowest BCUT2D eigenvalue weighted by molar-refractivity contribution is -0.384. The average Bonchev–Trinajstić information content (AvgIpc) is 3.16. The molecule has 0 radical (unpaired) electrons. The Balaban J connectivity index is 1.85. The van der Waals surface area contributed by atoms with E-state index >= 15 is 0 Å². The second-order valence-corrected chi connectivity index (χ2v) is 8.02. The maximum Gasteiger partial charge on any atom is 0.270 e. The highest BCUT2D eigenvalue weighted by Crippen LogP contribution is 2.37. The van der Waals surface area contributed by atoms with Crippen LogP contribution in [-0.2, 0) is 11.4 Å². The molecule has 3 aromatic rings. The SMILES string of the molecule is CC(=O)N(c1nc(COc2ccc([N+](=O)[O-])cc2C=O)cs1)c1c(C)cc(C)cc1Cl. The van der Waals surface area contributed by atoms with Crippen LogP contribution >= 0.6 is 22.9 Å². The molecular formula is C21H18ClN3O5S. The van der Waals surface area contributed by atoms with Crippen molar-refractivity contribution in [1.29, 1.82) is 0 Å². The Morgan fingerprint density at radius 3 is 2.68 bits per heavy atom. The van der Waals surface area contributed by atoms with E-state index in [1.165, 1.54) is 35.3 Å². The minimum atomic E-state index is -0.585. The number of carbonyl (C=O) groups is 2. The second-order valence-electron chi connectivity index (χ2n) is 6.77. The van der Waals surface area contributed by atoms with Gasteiger partial charge in [0.1, 0.15) is 12.4 Å². The van der Waals surface area contributed by atoms with E-state index in [9.17, 15) is 19.7 Å². The molecule has 160 valence electrons. The zero-order valence-electron chi connectivity index (χ0n) is 16.9. The number of hydrogen-bond acceptors (Lipinski definition) is 7. The van der Waals surface area contributed by atoms with Crippen molar-refractivity contribution >= 4 is 51.6 Å². The van der Waals surface area contributed by atoms with Gasteiger partial charge in [-0.05, 0) is 37.1 Å². The van der Waals surface area contributed by atoms with Gasteiger partial charge in [-0.25, -0.2) is 4.98 Å². The minimum absolute atomic E-state index is 0.0154. The van der Waals surface area contributed by atoms with Gasteiger partial charge in [0.05, 0.1) is 26.9 Å². The molecule has 0 spiro atoms. The molecule has 0 bridgehead atoms. The molecule has 0 aliphatic heterocycles. The maximum atomic E-state index is 12.4. The lowest BCUT2D eigenvalue weighted by atomic mass is 10.1. The van der Waals surface area contributed by atoms with Crippen LogP contribution in [0.3, 0.4) is 0 Å². The van der Waals surface area contributed by atoms with E-state index in [1.807, 2.05) is 19.9 Å². The predicted octanol–water partition coefficient (Wildman–Crippen LogP) is 5.40. The van der Waals surface area contributed by atoms with E-state index in [2.05, 4.69) is 4.98 Å². The van der Waals surface area contributed by atoms with Crippen molar-refractivity contribution in [1.82, 2.24) is 4.98 Å². The van der Waals surface area contributed by atoms with Crippen LogP contribution in [0.4, 0.5) is 16.5 Å². The van der Waals surface area contributed by atoms with Gasteiger partial charge in [0, 0.05) is 24.4 Å². The van der Waals surface area contributed by atoms with Crippen molar-refractivity contribution in [2.75, 3.05) is 4.90 Å². The number of rotatable bonds is 7. The van der Waals surface area contributed by atoms with E-state index in [0.717, 1.165) is 17.2 Å². The summed E-state index contributed by atoms with van der Waals surface area (Å²) in [4.78, 5) is 39.9. The molecule has 10 heteroatoms. The largest absolute Gasteiger partial charge is 0.487 e. The molecule has 0 aliphatic rings. The Morgan fingerprint density at radius 1 is 1.32 bits per heavy atom. The summed E-state index contributed by atoms with van der Waals surface area (Å²) >= 11 is 7.67. The zero-order valence-corrected chi connectivity index (χ0v) is 18.5. The molecule has 0 aliphatic carbocycles. The number of benzene rings is 2. The van der Waals surface area contributed by atoms with Crippen LogP contribution in [0, 0.1) is 24.0 Å². The third kappa shape index (κ3) is 4.89. The smallest absolute Gasteiger partial charge is 0.270 e. The Bertz CT molecular complexity index is 1150. The van der Waals surface area contributed by atoms with Crippen LogP contribution in [0.1, 0.15) is 34.1 Å². The van der Waals surface area contributed by atoms with Crippen molar-refractivity contribution in [2.24, 2.45) is 0 Å². The van der Waals surface area contributed by atoms with Gasteiger partial charge in [0.2, 0.25) is 5.91 Å². The number of halogens is 1. The Kier molecular flexibility index (Phi) is 6.67. The van der Waals surface area contributed by atoms with Crippen LogP contribution < -0.4 is 9.64 Å². The van der Waals surface area contributed by atoms with Gasteiger partial charge < -0.3 is 4.74 Å². The normalized spacial score (nSPS) is 10.6. The van der Waals surface area contributed by atoms with E-state index in [4.69, 9.17) is 16.3 Å². The number of anilines is 2. The number of aromatic nitrogens is 1. The number of carbonyl (C=O) groups excluding carboxylic acids is 2. The Labute approximate surface area is 187 Å². The number of ether oxygens (including phenoxy) is 1. The quantitative estimate of drug-likeness (QED) is 0.266. The van der Waals surface area contributed by atoms with Gasteiger partial charge in [0.15, 0.2) is 11.4 Å². The van der Waals surface area contributed by atoms with Crippen molar-refractivity contribution in [3.63, 3.8) is 0 Å².